The molecule has 0 aliphatic carbocycles. The van der Waals surface area contributed by atoms with Crippen LogP contribution in [0.25, 0.3) is 0 Å². The molecule has 0 aromatic rings. The smallest absolute Gasteiger partial charge is 0.214 e. The fraction of sp³-hybridized carbons (Fsp3) is 1.00. The Labute approximate surface area is 110 Å². The lowest BCUT2D eigenvalue weighted by Gasteiger charge is -2.17. The Hall–Kier alpha value is -0.170. The summed E-state index contributed by atoms with van der Waals surface area (Å²) in [6, 6.07) is 0. The molecular weight excluding hydrogens is 254 g/mol. The van der Waals surface area contributed by atoms with Gasteiger partial charge in [-0.15, -0.1) is 0 Å². The van der Waals surface area contributed by atoms with Crippen LogP contribution in [-0.4, -0.2) is 45.1 Å². The minimum Gasteiger partial charge on any atom is -0.396 e. The van der Waals surface area contributed by atoms with Crippen LogP contribution in [0.2, 0.25) is 0 Å². The Balaban J connectivity index is 2.34. The predicted octanol–water partition coefficient (Wildman–Crippen LogP) is 0.883. The van der Waals surface area contributed by atoms with E-state index < -0.39 is 10.0 Å². The molecule has 0 bridgehead atoms. The van der Waals surface area contributed by atoms with Gasteiger partial charge in [0.15, 0.2) is 0 Å². The fourth-order valence-corrected chi connectivity index (χ4v) is 3.62. The first-order valence-electron chi connectivity index (χ1n) is 6.77. The number of rotatable bonds is 9. The van der Waals surface area contributed by atoms with Crippen molar-refractivity contribution >= 4 is 10.0 Å². The molecule has 2 atom stereocenters. The van der Waals surface area contributed by atoms with Crippen molar-refractivity contribution in [3.05, 3.63) is 0 Å². The molecule has 1 aliphatic heterocycles. The van der Waals surface area contributed by atoms with Crippen LogP contribution in [-0.2, 0) is 14.8 Å². The summed E-state index contributed by atoms with van der Waals surface area (Å²) in [5.74, 6) is 0.282. The van der Waals surface area contributed by atoms with E-state index in [0.29, 0.717) is 19.6 Å². The zero-order valence-electron chi connectivity index (χ0n) is 11.1. The molecule has 1 saturated heterocycles. The first-order chi connectivity index (χ1) is 8.57. The maximum absolute atomic E-state index is 11.8. The Kier molecular flexibility index (Phi) is 7.14. The monoisotopic (exact) mass is 279 g/mol. The number of nitrogens with one attached hydrogen (secondary N) is 1. The number of ether oxygens (including phenoxy) is 1. The molecule has 1 aliphatic rings. The first kappa shape index (κ1) is 15.9. The topological polar surface area (TPSA) is 75.6 Å². The SMILES string of the molecule is CCCC(CCO)CNS(=O)(=O)CC1CCCO1. The molecular formula is C12H25NO4S. The zero-order valence-corrected chi connectivity index (χ0v) is 11.9. The quantitative estimate of drug-likeness (QED) is 0.657. The van der Waals surface area contributed by atoms with Gasteiger partial charge < -0.3 is 9.84 Å². The van der Waals surface area contributed by atoms with Crippen LogP contribution in [0.5, 0.6) is 0 Å². The average molecular weight is 279 g/mol. The molecule has 0 radical (unpaired) electrons. The molecule has 1 heterocycles. The van der Waals surface area contributed by atoms with E-state index in [-0.39, 0.29) is 24.4 Å². The van der Waals surface area contributed by atoms with Crippen molar-refractivity contribution in [1.82, 2.24) is 4.72 Å². The standard InChI is InChI=1S/C12H25NO4S/c1-2-4-11(6-7-14)9-13-18(15,16)10-12-5-3-8-17-12/h11-14H,2-10H2,1H3. The number of aliphatic hydroxyl groups excluding tert-OH is 1. The summed E-state index contributed by atoms with van der Waals surface area (Å²) in [5.41, 5.74) is 0. The van der Waals surface area contributed by atoms with E-state index in [4.69, 9.17) is 9.84 Å². The van der Waals surface area contributed by atoms with E-state index >= 15 is 0 Å². The van der Waals surface area contributed by atoms with E-state index in [0.717, 1.165) is 25.7 Å². The van der Waals surface area contributed by atoms with Crippen LogP contribution in [0.1, 0.15) is 39.0 Å². The van der Waals surface area contributed by atoms with Crippen molar-refractivity contribution in [1.29, 1.82) is 0 Å². The van der Waals surface area contributed by atoms with Crippen LogP contribution >= 0.6 is 0 Å². The average Bonchev–Trinajstić information content (AvgIpc) is 2.79. The van der Waals surface area contributed by atoms with Crippen LogP contribution in [0.3, 0.4) is 0 Å². The molecule has 2 N–H and O–H groups in total. The van der Waals surface area contributed by atoms with Crippen molar-refractivity contribution in [3.63, 3.8) is 0 Å². The maximum Gasteiger partial charge on any atom is 0.214 e. The van der Waals surface area contributed by atoms with Crippen molar-refractivity contribution in [2.45, 2.75) is 45.1 Å². The van der Waals surface area contributed by atoms with Gasteiger partial charge in [0.1, 0.15) is 0 Å². The number of sulfonamides is 1. The van der Waals surface area contributed by atoms with E-state index in [1.54, 1.807) is 0 Å². The van der Waals surface area contributed by atoms with Crippen molar-refractivity contribution in [3.8, 4) is 0 Å². The Morgan fingerprint density at radius 3 is 2.78 bits per heavy atom. The minimum absolute atomic E-state index is 0.0605. The molecule has 5 nitrogen and oxygen atoms in total. The normalized spacial score (nSPS) is 22.2. The van der Waals surface area contributed by atoms with E-state index in [1.807, 2.05) is 0 Å². The van der Waals surface area contributed by atoms with Crippen molar-refractivity contribution < 1.29 is 18.3 Å². The van der Waals surface area contributed by atoms with Crippen molar-refractivity contribution in [2.75, 3.05) is 25.5 Å². The minimum atomic E-state index is -3.25. The second kappa shape index (κ2) is 8.09. The number of aliphatic hydroxyl groups is 1. The van der Waals surface area contributed by atoms with Crippen LogP contribution in [0, 0.1) is 5.92 Å². The maximum atomic E-state index is 11.8. The Bertz CT molecular complexity index is 306. The molecule has 108 valence electrons. The molecule has 0 aromatic carbocycles. The van der Waals surface area contributed by atoms with Gasteiger partial charge in [-0.3, -0.25) is 0 Å². The largest absolute Gasteiger partial charge is 0.396 e. The number of hydrogen-bond acceptors (Lipinski definition) is 4. The fourth-order valence-electron chi connectivity index (χ4n) is 2.26. The third kappa shape index (κ3) is 6.13. The van der Waals surface area contributed by atoms with Gasteiger partial charge in [-0.05, 0) is 31.6 Å². The Morgan fingerprint density at radius 2 is 2.22 bits per heavy atom. The molecule has 0 spiro atoms. The Morgan fingerprint density at radius 1 is 1.44 bits per heavy atom. The van der Waals surface area contributed by atoms with Gasteiger partial charge in [0, 0.05) is 19.8 Å². The van der Waals surface area contributed by atoms with E-state index in [9.17, 15) is 8.42 Å². The van der Waals surface area contributed by atoms with Gasteiger partial charge in [-0.25, -0.2) is 13.1 Å². The lowest BCUT2D eigenvalue weighted by atomic mass is 10.0. The van der Waals surface area contributed by atoms with E-state index in [2.05, 4.69) is 11.6 Å². The summed E-state index contributed by atoms with van der Waals surface area (Å²) >= 11 is 0. The van der Waals surface area contributed by atoms with E-state index in [1.165, 1.54) is 0 Å². The molecule has 0 saturated carbocycles. The summed E-state index contributed by atoms with van der Waals surface area (Å²) in [4.78, 5) is 0. The molecule has 1 rings (SSSR count). The molecule has 0 amide bonds. The summed E-state index contributed by atoms with van der Waals surface area (Å²) in [6.07, 6.45) is 4.21. The molecule has 6 heteroatoms. The summed E-state index contributed by atoms with van der Waals surface area (Å²) in [5, 5.41) is 8.93. The highest BCUT2D eigenvalue weighted by Gasteiger charge is 2.23. The molecule has 0 aromatic heterocycles. The summed E-state index contributed by atoms with van der Waals surface area (Å²) in [6.45, 7) is 3.26. The van der Waals surface area contributed by atoms with Gasteiger partial charge in [-0.1, -0.05) is 13.3 Å². The highest BCUT2D eigenvalue weighted by Crippen LogP contribution is 2.14. The predicted molar refractivity (Wildman–Crippen MR) is 70.9 cm³/mol. The summed E-state index contributed by atoms with van der Waals surface area (Å²) < 4.78 is 31.7. The van der Waals surface area contributed by atoms with Crippen molar-refractivity contribution in [2.24, 2.45) is 5.92 Å². The second-order valence-electron chi connectivity index (χ2n) is 4.93. The van der Waals surface area contributed by atoms with Crippen LogP contribution in [0.4, 0.5) is 0 Å². The first-order valence-corrected chi connectivity index (χ1v) is 8.42. The zero-order chi connectivity index (χ0) is 13.4. The van der Waals surface area contributed by atoms with Gasteiger partial charge in [0.05, 0.1) is 11.9 Å². The van der Waals surface area contributed by atoms with Gasteiger partial charge in [0.25, 0.3) is 0 Å². The van der Waals surface area contributed by atoms with Crippen LogP contribution in [0.15, 0.2) is 0 Å². The van der Waals surface area contributed by atoms with Gasteiger partial charge >= 0.3 is 0 Å². The summed E-state index contributed by atoms with van der Waals surface area (Å²) in [7, 11) is -3.25. The van der Waals surface area contributed by atoms with Gasteiger partial charge in [0.2, 0.25) is 10.0 Å². The number of hydrogen-bond donors (Lipinski definition) is 2. The van der Waals surface area contributed by atoms with Crippen LogP contribution < -0.4 is 4.72 Å². The lowest BCUT2D eigenvalue weighted by molar-refractivity contribution is 0.127. The lowest BCUT2D eigenvalue weighted by Crippen LogP contribution is -2.35. The molecule has 2 unspecified atom stereocenters. The molecule has 18 heavy (non-hydrogen) atoms. The second-order valence-corrected chi connectivity index (χ2v) is 6.78. The molecule has 1 fully saturated rings. The third-order valence-electron chi connectivity index (χ3n) is 3.26. The highest BCUT2D eigenvalue weighted by molar-refractivity contribution is 7.89. The third-order valence-corrected chi connectivity index (χ3v) is 4.67. The highest BCUT2D eigenvalue weighted by atomic mass is 32.2. The van der Waals surface area contributed by atoms with Gasteiger partial charge in [-0.2, -0.15) is 0 Å².